The highest BCUT2D eigenvalue weighted by molar-refractivity contribution is 5.97. The zero-order valence-corrected chi connectivity index (χ0v) is 12.3. The van der Waals surface area contributed by atoms with E-state index in [0.717, 1.165) is 12.0 Å². The Hall–Kier alpha value is -2.49. The summed E-state index contributed by atoms with van der Waals surface area (Å²) in [5, 5.41) is 2.92. The van der Waals surface area contributed by atoms with Crippen LogP contribution in [0.4, 0.5) is 5.69 Å². The fourth-order valence-corrected chi connectivity index (χ4v) is 2.25. The number of nitrogens with two attached hydrogens (primary N) is 1. The van der Waals surface area contributed by atoms with Crippen molar-refractivity contribution in [3.63, 3.8) is 0 Å². The van der Waals surface area contributed by atoms with Crippen LogP contribution in [0.25, 0.3) is 0 Å². The number of anilines is 1. The lowest BCUT2D eigenvalue weighted by Gasteiger charge is -2.12. The molecule has 2 rings (SSSR count). The third-order valence-electron chi connectivity index (χ3n) is 3.41. The van der Waals surface area contributed by atoms with E-state index >= 15 is 0 Å². The highest BCUT2D eigenvalue weighted by Crippen LogP contribution is 2.21. The molecule has 3 N–H and O–H groups in total. The molecule has 21 heavy (non-hydrogen) atoms. The van der Waals surface area contributed by atoms with Crippen LogP contribution in [0.5, 0.6) is 5.75 Å². The highest BCUT2D eigenvalue weighted by atomic mass is 16.5. The van der Waals surface area contributed by atoms with Crippen molar-refractivity contribution in [3.8, 4) is 5.75 Å². The lowest BCUT2D eigenvalue weighted by Crippen LogP contribution is -2.24. The van der Waals surface area contributed by atoms with Crippen molar-refractivity contribution < 1.29 is 9.53 Å². The van der Waals surface area contributed by atoms with Crippen molar-refractivity contribution in [2.24, 2.45) is 0 Å². The first-order valence-electron chi connectivity index (χ1n) is 6.94. The summed E-state index contributed by atoms with van der Waals surface area (Å²) in [4.78, 5) is 12.3. The van der Waals surface area contributed by atoms with Gasteiger partial charge in [-0.1, -0.05) is 31.2 Å². The van der Waals surface area contributed by atoms with Gasteiger partial charge in [0.15, 0.2) is 0 Å². The summed E-state index contributed by atoms with van der Waals surface area (Å²) >= 11 is 0. The molecule has 0 radical (unpaired) electrons. The van der Waals surface area contributed by atoms with E-state index in [-0.39, 0.29) is 5.91 Å². The van der Waals surface area contributed by atoms with Gasteiger partial charge in [-0.25, -0.2) is 0 Å². The molecule has 0 atom stereocenters. The van der Waals surface area contributed by atoms with Crippen LogP contribution in [0, 0.1) is 0 Å². The van der Waals surface area contributed by atoms with Crippen molar-refractivity contribution in [1.29, 1.82) is 0 Å². The summed E-state index contributed by atoms with van der Waals surface area (Å²) in [6, 6.07) is 13.1. The van der Waals surface area contributed by atoms with Crippen LogP contribution in [-0.4, -0.2) is 13.0 Å². The van der Waals surface area contributed by atoms with E-state index in [1.54, 1.807) is 18.2 Å². The van der Waals surface area contributed by atoms with Gasteiger partial charge in [-0.2, -0.15) is 0 Å². The Morgan fingerprint density at radius 2 is 1.90 bits per heavy atom. The molecule has 2 aromatic carbocycles. The molecule has 4 heteroatoms. The smallest absolute Gasteiger partial charge is 0.255 e. The third kappa shape index (κ3) is 3.54. The number of nitrogen functional groups attached to an aromatic ring is 1. The second kappa shape index (κ2) is 6.79. The molecule has 0 saturated carbocycles. The lowest BCUT2D eigenvalue weighted by molar-refractivity contribution is 0.0948. The molecule has 0 aromatic heterocycles. The van der Waals surface area contributed by atoms with Crippen molar-refractivity contribution >= 4 is 11.6 Å². The Labute approximate surface area is 124 Å². The number of nitrogens with one attached hydrogen (secondary N) is 1. The van der Waals surface area contributed by atoms with Crippen molar-refractivity contribution in [2.75, 3.05) is 12.8 Å². The van der Waals surface area contributed by atoms with E-state index in [4.69, 9.17) is 10.5 Å². The van der Waals surface area contributed by atoms with Crippen LogP contribution < -0.4 is 15.8 Å². The highest BCUT2D eigenvalue weighted by Gasteiger charge is 2.12. The number of aryl methyl sites for hydroxylation is 1. The molecule has 110 valence electrons. The molecule has 0 unspecified atom stereocenters. The topological polar surface area (TPSA) is 64.4 Å². The predicted octanol–water partition coefficient (Wildman–Crippen LogP) is 2.77. The van der Waals surface area contributed by atoms with Gasteiger partial charge in [-0.3, -0.25) is 4.79 Å². The maximum Gasteiger partial charge on any atom is 0.255 e. The minimum atomic E-state index is -0.190. The number of carbonyl (C=O) groups is 1. The van der Waals surface area contributed by atoms with Crippen LogP contribution in [-0.2, 0) is 13.0 Å². The standard InChI is InChI=1S/C17H20N2O2/c1-3-12-6-4-5-7-13(12)11-19-17(20)15-10-14(18)8-9-16(15)21-2/h4-10H,3,11,18H2,1-2H3,(H,19,20). The fraction of sp³-hybridized carbons (Fsp3) is 0.235. The number of carbonyl (C=O) groups excluding carboxylic acids is 1. The fourth-order valence-electron chi connectivity index (χ4n) is 2.25. The Balaban J connectivity index is 2.13. The molecule has 0 fully saturated rings. The first-order valence-corrected chi connectivity index (χ1v) is 6.94. The molecule has 0 aliphatic carbocycles. The Morgan fingerprint density at radius 1 is 1.19 bits per heavy atom. The van der Waals surface area contributed by atoms with Crippen LogP contribution >= 0.6 is 0 Å². The number of hydrogen-bond donors (Lipinski definition) is 2. The molecule has 1 amide bonds. The van der Waals surface area contributed by atoms with Gasteiger partial charge >= 0.3 is 0 Å². The Kier molecular flexibility index (Phi) is 4.82. The Morgan fingerprint density at radius 3 is 2.57 bits per heavy atom. The molecule has 0 saturated heterocycles. The second-order valence-corrected chi connectivity index (χ2v) is 4.76. The number of ether oxygens (including phenoxy) is 1. The molecule has 0 spiro atoms. The molecule has 0 aliphatic rings. The maximum absolute atomic E-state index is 12.3. The van der Waals surface area contributed by atoms with E-state index in [1.807, 2.05) is 18.2 Å². The molecule has 2 aromatic rings. The number of methoxy groups -OCH3 is 1. The van der Waals surface area contributed by atoms with E-state index < -0.39 is 0 Å². The number of amides is 1. The normalized spacial score (nSPS) is 10.2. The number of hydrogen-bond acceptors (Lipinski definition) is 3. The molecular weight excluding hydrogens is 264 g/mol. The van der Waals surface area contributed by atoms with Gasteiger partial charge < -0.3 is 15.8 Å². The molecule has 0 heterocycles. The van der Waals surface area contributed by atoms with Crippen LogP contribution in [0.2, 0.25) is 0 Å². The molecule has 0 aliphatic heterocycles. The van der Waals surface area contributed by atoms with Crippen molar-refractivity contribution in [1.82, 2.24) is 5.32 Å². The predicted molar refractivity (Wildman–Crippen MR) is 84.4 cm³/mol. The zero-order chi connectivity index (χ0) is 15.2. The van der Waals surface area contributed by atoms with Crippen molar-refractivity contribution in [2.45, 2.75) is 19.9 Å². The van der Waals surface area contributed by atoms with E-state index in [1.165, 1.54) is 12.7 Å². The monoisotopic (exact) mass is 284 g/mol. The second-order valence-electron chi connectivity index (χ2n) is 4.76. The minimum Gasteiger partial charge on any atom is -0.496 e. The SMILES string of the molecule is CCc1ccccc1CNC(=O)c1cc(N)ccc1OC. The third-order valence-corrected chi connectivity index (χ3v) is 3.41. The van der Waals surface area contributed by atoms with Gasteiger partial charge in [-0.15, -0.1) is 0 Å². The summed E-state index contributed by atoms with van der Waals surface area (Å²) in [7, 11) is 1.54. The van der Waals surface area contributed by atoms with E-state index in [2.05, 4.69) is 18.3 Å². The van der Waals surface area contributed by atoms with Gasteiger partial charge in [0, 0.05) is 12.2 Å². The number of benzene rings is 2. The van der Waals surface area contributed by atoms with Gasteiger partial charge in [0.2, 0.25) is 0 Å². The summed E-state index contributed by atoms with van der Waals surface area (Å²) in [6.45, 7) is 2.59. The lowest BCUT2D eigenvalue weighted by atomic mass is 10.1. The quantitative estimate of drug-likeness (QED) is 0.830. The zero-order valence-electron chi connectivity index (χ0n) is 12.3. The summed E-state index contributed by atoms with van der Waals surface area (Å²) < 4.78 is 5.20. The van der Waals surface area contributed by atoms with E-state index in [9.17, 15) is 4.79 Å². The average Bonchev–Trinajstić information content (AvgIpc) is 2.52. The summed E-state index contributed by atoms with van der Waals surface area (Å²) in [5.74, 6) is 0.329. The van der Waals surface area contributed by atoms with Crippen LogP contribution in [0.1, 0.15) is 28.4 Å². The minimum absolute atomic E-state index is 0.190. The summed E-state index contributed by atoms with van der Waals surface area (Å²) in [5.41, 5.74) is 9.08. The Bertz CT molecular complexity index is 638. The van der Waals surface area contributed by atoms with Gasteiger partial charge in [-0.05, 0) is 35.7 Å². The van der Waals surface area contributed by atoms with Gasteiger partial charge in [0.1, 0.15) is 5.75 Å². The average molecular weight is 284 g/mol. The molecule has 0 bridgehead atoms. The molecule has 4 nitrogen and oxygen atoms in total. The summed E-state index contributed by atoms with van der Waals surface area (Å²) in [6.07, 6.45) is 0.938. The van der Waals surface area contributed by atoms with E-state index in [0.29, 0.717) is 23.5 Å². The largest absolute Gasteiger partial charge is 0.496 e. The first kappa shape index (κ1) is 14.9. The van der Waals surface area contributed by atoms with Gasteiger partial charge in [0.05, 0.1) is 12.7 Å². The van der Waals surface area contributed by atoms with Crippen LogP contribution in [0.3, 0.4) is 0 Å². The maximum atomic E-state index is 12.3. The molecular formula is C17H20N2O2. The van der Waals surface area contributed by atoms with Gasteiger partial charge in [0.25, 0.3) is 5.91 Å². The first-order chi connectivity index (χ1) is 10.2. The van der Waals surface area contributed by atoms with Crippen LogP contribution in [0.15, 0.2) is 42.5 Å². The van der Waals surface area contributed by atoms with Crippen molar-refractivity contribution in [3.05, 3.63) is 59.2 Å². The number of rotatable bonds is 5.